The number of fused-ring (bicyclic) bond motifs is 2. The molecule has 0 spiro atoms. The van der Waals surface area contributed by atoms with Gasteiger partial charge >= 0.3 is 65.1 Å². The molecule has 0 unspecified atom stereocenters. The third-order valence-electron chi connectivity index (χ3n) is 11.7. The van der Waals surface area contributed by atoms with Gasteiger partial charge < -0.3 is 70.8 Å². The molecule has 4 amide bonds. The molecule has 0 saturated heterocycles. The minimum atomic E-state index is -1.51. The van der Waals surface area contributed by atoms with E-state index >= 15 is 0 Å². The van der Waals surface area contributed by atoms with Gasteiger partial charge in [-0.15, -0.1) is 0 Å². The van der Waals surface area contributed by atoms with Gasteiger partial charge in [0.1, 0.15) is 36.3 Å². The largest absolute Gasteiger partial charge is 1.00 e. The number of carbonyl (C=O) groups is 7. The molecule has 8 rings (SSSR count). The van der Waals surface area contributed by atoms with Crippen LogP contribution in [0.25, 0.3) is 11.0 Å². The Morgan fingerprint density at radius 2 is 0.919 bits per heavy atom. The van der Waals surface area contributed by atoms with Crippen LogP contribution < -0.4 is 112 Å². The van der Waals surface area contributed by atoms with Gasteiger partial charge in [0.05, 0.1) is 47.2 Å². The maximum atomic E-state index is 13.8. The molecule has 8 N–H and O–H groups in total. The molecular formula is C53H44N8Na2O11. The summed E-state index contributed by atoms with van der Waals surface area (Å²) in [6.07, 6.45) is 3.37. The van der Waals surface area contributed by atoms with E-state index < -0.39 is 41.4 Å². The van der Waals surface area contributed by atoms with Gasteiger partial charge in [0.25, 0.3) is 11.8 Å². The molecule has 8 aromatic rings. The van der Waals surface area contributed by atoms with Gasteiger partial charge in [-0.1, -0.05) is 24.3 Å². The number of carboxylic acid groups (broad SMARTS) is 2. The van der Waals surface area contributed by atoms with Gasteiger partial charge in [-0.3, -0.25) is 19.2 Å². The summed E-state index contributed by atoms with van der Waals surface area (Å²) in [5.74, 6) is -3.58. The number of anilines is 4. The fourth-order valence-corrected chi connectivity index (χ4v) is 8.13. The Labute approximate surface area is 466 Å². The number of amides is 4. The number of hydrogen-bond donors (Lipinski definition) is 6. The SMILES string of the molecule is Cc1c(C(=O)c2ccc(N)c(C(=O)[O-])c2)c2ccccn2c1NC(=O)c1cccc(OCCNC(=O)NCCOc2cccc(C(=O)Nc3c(C)c(C(=O)c4ccc(N)c(C(=O)[O-])c4)c4ccccn34)c2)c1.[Na+].[Na+]. The van der Waals surface area contributed by atoms with Crippen LogP contribution in [0.15, 0.2) is 134 Å². The predicted octanol–water partition coefficient (Wildman–Crippen LogP) is -1.57. The zero-order valence-corrected chi connectivity index (χ0v) is 44.6. The van der Waals surface area contributed by atoms with Crippen LogP contribution in [0.5, 0.6) is 11.5 Å². The number of nitrogens with zero attached hydrogens (tertiary/aromatic N) is 2. The van der Waals surface area contributed by atoms with Crippen LogP contribution in [-0.4, -0.2) is 76.5 Å². The molecule has 0 atom stereocenters. The number of aromatic nitrogens is 2. The second-order valence-corrected chi connectivity index (χ2v) is 16.3. The number of ketones is 2. The summed E-state index contributed by atoms with van der Waals surface area (Å²) in [6, 6.07) is 30.5. The fourth-order valence-electron chi connectivity index (χ4n) is 8.13. The number of pyridine rings is 2. The molecule has 0 bridgehead atoms. The van der Waals surface area contributed by atoms with Crippen molar-refractivity contribution < 1.29 is 112 Å². The normalized spacial score (nSPS) is 10.6. The monoisotopic (exact) mass is 1010 g/mol. The average molecular weight is 1010 g/mol. The fraction of sp³-hybridized carbons (Fsp3) is 0.113. The molecule has 74 heavy (non-hydrogen) atoms. The number of urea groups is 1. The van der Waals surface area contributed by atoms with Crippen molar-refractivity contribution in [2.24, 2.45) is 0 Å². The molecular weight excluding hydrogens is 971 g/mol. The first-order valence-corrected chi connectivity index (χ1v) is 22.2. The molecule has 0 saturated carbocycles. The first-order chi connectivity index (χ1) is 34.6. The second-order valence-electron chi connectivity index (χ2n) is 16.3. The molecule has 0 radical (unpaired) electrons. The van der Waals surface area contributed by atoms with E-state index in [9.17, 15) is 43.8 Å². The molecule has 0 aliphatic rings. The Hall–Kier alpha value is -7.91. The van der Waals surface area contributed by atoms with Crippen molar-refractivity contribution in [3.05, 3.63) is 189 Å². The quantitative estimate of drug-likeness (QED) is 0.0246. The molecule has 0 aliphatic heterocycles. The van der Waals surface area contributed by atoms with E-state index in [4.69, 9.17) is 20.9 Å². The number of carbonyl (C=O) groups excluding carboxylic acids is 7. The van der Waals surface area contributed by atoms with Gasteiger partial charge in [0.15, 0.2) is 11.6 Å². The third kappa shape index (κ3) is 12.0. The predicted molar refractivity (Wildman–Crippen MR) is 263 cm³/mol. The summed E-state index contributed by atoms with van der Waals surface area (Å²) >= 11 is 0. The van der Waals surface area contributed by atoms with E-state index in [1.807, 2.05) is 0 Å². The van der Waals surface area contributed by atoms with Crippen molar-refractivity contribution in [1.29, 1.82) is 0 Å². The van der Waals surface area contributed by atoms with Crippen LogP contribution in [-0.2, 0) is 0 Å². The molecule has 0 aliphatic carbocycles. The number of carboxylic acids is 2. The first kappa shape index (κ1) is 55.4. The summed E-state index contributed by atoms with van der Waals surface area (Å²) in [5, 5.41) is 34.3. The molecule has 4 aromatic carbocycles. The van der Waals surface area contributed by atoms with Crippen LogP contribution in [0, 0.1) is 13.8 Å². The summed E-state index contributed by atoms with van der Waals surface area (Å²) in [4.78, 5) is 90.5. The number of ether oxygens (including phenoxy) is 2. The van der Waals surface area contributed by atoms with Gasteiger partial charge in [0.2, 0.25) is 0 Å². The zero-order chi connectivity index (χ0) is 51.2. The summed E-state index contributed by atoms with van der Waals surface area (Å²) < 4.78 is 14.9. The minimum absolute atomic E-state index is 0. The number of nitrogen functional groups attached to an aromatic ring is 2. The Balaban J connectivity index is 0.00000446. The van der Waals surface area contributed by atoms with Crippen LogP contribution in [0.4, 0.5) is 27.8 Å². The number of benzene rings is 4. The number of rotatable bonds is 18. The number of hydrogen-bond acceptors (Lipinski definition) is 13. The summed E-state index contributed by atoms with van der Waals surface area (Å²) in [6.45, 7) is 3.70. The number of nitrogens with two attached hydrogens (primary N) is 2. The van der Waals surface area contributed by atoms with Crippen molar-refractivity contribution in [3.8, 4) is 11.5 Å². The van der Waals surface area contributed by atoms with Crippen LogP contribution in [0.2, 0.25) is 0 Å². The number of aromatic carboxylic acids is 2. The average Bonchev–Trinajstić information content (AvgIpc) is 3.81. The topological polar surface area (TPSA) is 293 Å². The first-order valence-electron chi connectivity index (χ1n) is 22.2. The van der Waals surface area contributed by atoms with Crippen molar-refractivity contribution in [2.45, 2.75) is 13.8 Å². The van der Waals surface area contributed by atoms with E-state index in [1.165, 1.54) is 48.5 Å². The van der Waals surface area contributed by atoms with Crippen LogP contribution in [0.1, 0.15) is 84.4 Å². The maximum absolute atomic E-state index is 13.8. The Morgan fingerprint density at radius 3 is 1.31 bits per heavy atom. The van der Waals surface area contributed by atoms with E-state index in [2.05, 4.69) is 21.3 Å². The molecule has 364 valence electrons. The van der Waals surface area contributed by atoms with Crippen molar-refractivity contribution in [3.63, 3.8) is 0 Å². The molecule has 4 aromatic heterocycles. The zero-order valence-electron chi connectivity index (χ0n) is 40.6. The van der Waals surface area contributed by atoms with Crippen LogP contribution >= 0.6 is 0 Å². The molecule has 19 nitrogen and oxygen atoms in total. The minimum Gasteiger partial charge on any atom is -0.545 e. The third-order valence-corrected chi connectivity index (χ3v) is 11.7. The molecule has 0 fully saturated rings. The van der Waals surface area contributed by atoms with E-state index in [0.29, 0.717) is 45.3 Å². The van der Waals surface area contributed by atoms with Crippen LogP contribution in [0.3, 0.4) is 0 Å². The Kier molecular flexibility index (Phi) is 18.1. The summed E-state index contributed by atoms with van der Waals surface area (Å²) in [7, 11) is 0. The van der Waals surface area contributed by atoms with Gasteiger partial charge in [0, 0.05) is 68.3 Å². The van der Waals surface area contributed by atoms with E-state index in [1.54, 1.807) is 108 Å². The second kappa shape index (κ2) is 24.2. The standard InChI is InChI=1S/C53H46N8O11.2Na/c1-29-43(45(62)31-15-17-39(54)37(27-31)51(66)67)41-13-3-5-21-60(41)47(29)58-49(64)33-9-7-11-35(25-33)71-23-19-56-53(70)57-20-24-72-36-12-8-10-34(26-36)50(65)59-48-30(2)44(42-14-4-6-22-61(42)48)46(63)32-16-18-40(55)38(28-32)52(68)69;;/h3-18,21-22,25-28H,19-20,23-24,54-55H2,1-2H3,(H,58,64)(H,59,65)(H,66,67)(H,68,69)(H2,56,57,70);;/q;2*+1/p-2. The van der Waals surface area contributed by atoms with E-state index in [-0.39, 0.29) is 141 Å². The molecule has 4 heterocycles. The maximum Gasteiger partial charge on any atom is 1.00 e. The number of nitrogens with one attached hydrogen (secondary N) is 4. The van der Waals surface area contributed by atoms with Crippen molar-refractivity contribution in [2.75, 3.05) is 48.4 Å². The van der Waals surface area contributed by atoms with Crippen molar-refractivity contribution in [1.82, 2.24) is 19.4 Å². The smallest absolute Gasteiger partial charge is 0.545 e. The Bertz CT molecular complexity index is 3290. The summed E-state index contributed by atoms with van der Waals surface area (Å²) in [5.41, 5.74) is 13.9. The Morgan fingerprint density at radius 1 is 0.514 bits per heavy atom. The van der Waals surface area contributed by atoms with Crippen molar-refractivity contribution >= 4 is 75.4 Å². The molecule has 21 heteroatoms. The van der Waals surface area contributed by atoms with Gasteiger partial charge in [-0.05, 0) is 111 Å². The van der Waals surface area contributed by atoms with Gasteiger partial charge in [-0.2, -0.15) is 0 Å². The van der Waals surface area contributed by atoms with E-state index in [0.717, 1.165) is 0 Å². The van der Waals surface area contributed by atoms with Gasteiger partial charge in [-0.25, -0.2) is 4.79 Å².